The van der Waals surface area contributed by atoms with Gasteiger partial charge in [0.25, 0.3) is 0 Å². The number of benzene rings is 4. The molecule has 37 heavy (non-hydrogen) atoms. The molecule has 0 fully saturated rings. The van der Waals surface area contributed by atoms with Gasteiger partial charge in [0.15, 0.2) is 11.5 Å². The van der Waals surface area contributed by atoms with E-state index >= 15 is 0 Å². The van der Waals surface area contributed by atoms with E-state index in [0.717, 1.165) is 16.7 Å². The van der Waals surface area contributed by atoms with Crippen LogP contribution in [0.3, 0.4) is 0 Å². The van der Waals surface area contributed by atoms with E-state index in [4.69, 9.17) is 14.2 Å². The monoisotopic (exact) mass is 489 g/mol. The largest absolute Gasteiger partial charge is 0.485 e. The molecule has 0 radical (unpaired) electrons. The molecule has 0 aliphatic carbocycles. The van der Waals surface area contributed by atoms with Crippen molar-refractivity contribution < 1.29 is 19.0 Å². The molecule has 0 aliphatic rings. The molecule has 5 heteroatoms. The zero-order valence-corrected chi connectivity index (χ0v) is 20.6. The summed E-state index contributed by atoms with van der Waals surface area (Å²) in [5.74, 6) is 0.690. The predicted molar refractivity (Wildman–Crippen MR) is 144 cm³/mol. The lowest BCUT2D eigenvalue weighted by molar-refractivity contribution is 0.0475. The maximum atomic E-state index is 13.1. The lowest BCUT2D eigenvalue weighted by Crippen LogP contribution is -2.08. The molecular formula is C32H27NO4. The molecule has 0 amide bonds. The van der Waals surface area contributed by atoms with E-state index in [1.54, 1.807) is 6.07 Å². The molecule has 0 bridgehead atoms. The minimum Gasteiger partial charge on any atom is -0.485 e. The van der Waals surface area contributed by atoms with Crippen molar-refractivity contribution in [2.24, 2.45) is 0 Å². The van der Waals surface area contributed by atoms with Crippen LogP contribution in [0.25, 0.3) is 10.9 Å². The standard InChI is InChI=1S/C32H27NO4/c1-23-17-28(32(34)37-22-26-15-9-4-10-16-26)27-18-30(35-20-24-11-5-2-6-12-24)31(19-29(27)33-23)36-21-25-13-7-3-8-14-25/h2-19H,20-22H2,1H3. The Bertz CT molecular complexity index is 1490. The highest BCUT2D eigenvalue weighted by molar-refractivity contribution is 6.04. The molecule has 5 nitrogen and oxygen atoms in total. The van der Waals surface area contributed by atoms with Gasteiger partial charge in [-0.15, -0.1) is 0 Å². The van der Waals surface area contributed by atoms with Gasteiger partial charge >= 0.3 is 5.97 Å². The quantitative estimate of drug-likeness (QED) is 0.208. The Morgan fingerprint density at radius 2 is 1.14 bits per heavy atom. The van der Waals surface area contributed by atoms with Crippen LogP contribution in [0.4, 0.5) is 0 Å². The molecule has 184 valence electrons. The third-order valence-corrected chi connectivity index (χ3v) is 5.91. The Labute approximate surface area is 216 Å². The SMILES string of the molecule is Cc1cc(C(=O)OCc2ccccc2)c2cc(OCc3ccccc3)c(OCc3ccccc3)cc2n1. The molecule has 0 saturated heterocycles. The summed E-state index contributed by atoms with van der Waals surface area (Å²) in [5, 5.41) is 0.652. The smallest absolute Gasteiger partial charge is 0.339 e. The number of carbonyl (C=O) groups excluding carboxylic acids is 1. The van der Waals surface area contributed by atoms with Crippen LogP contribution in [-0.4, -0.2) is 11.0 Å². The Morgan fingerprint density at radius 1 is 0.649 bits per heavy atom. The normalized spacial score (nSPS) is 10.7. The molecule has 0 aliphatic heterocycles. The van der Waals surface area contributed by atoms with Gasteiger partial charge in [0.2, 0.25) is 0 Å². The number of nitrogens with zero attached hydrogens (tertiary/aromatic N) is 1. The van der Waals surface area contributed by atoms with Crippen molar-refractivity contribution in [2.45, 2.75) is 26.7 Å². The summed E-state index contributed by atoms with van der Waals surface area (Å²) in [5.41, 5.74) is 4.79. The van der Waals surface area contributed by atoms with Gasteiger partial charge in [-0.05, 0) is 35.7 Å². The van der Waals surface area contributed by atoms with Gasteiger partial charge in [0.1, 0.15) is 19.8 Å². The maximum Gasteiger partial charge on any atom is 0.339 e. The van der Waals surface area contributed by atoms with Gasteiger partial charge in [-0.3, -0.25) is 4.98 Å². The third kappa shape index (κ3) is 6.14. The minimum absolute atomic E-state index is 0.193. The van der Waals surface area contributed by atoms with Crippen LogP contribution in [0.5, 0.6) is 11.5 Å². The number of pyridine rings is 1. The van der Waals surface area contributed by atoms with Crippen molar-refractivity contribution in [3.63, 3.8) is 0 Å². The lowest BCUT2D eigenvalue weighted by atomic mass is 10.1. The van der Waals surface area contributed by atoms with Crippen LogP contribution >= 0.6 is 0 Å². The van der Waals surface area contributed by atoms with Crippen LogP contribution in [0.1, 0.15) is 32.7 Å². The number of esters is 1. The number of fused-ring (bicyclic) bond motifs is 1. The van der Waals surface area contributed by atoms with Crippen LogP contribution in [-0.2, 0) is 24.6 Å². The highest BCUT2D eigenvalue weighted by Crippen LogP contribution is 2.35. The molecule has 1 heterocycles. The van der Waals surface area contributed by atoms with E-state index in [-0.39, 0.29) is 6.61 Å². The van der Waals surface area contributed by atoms with Crippen LogP contribution in [0, 0.1) is 6.92 Å². The van der Waals surface area contributed by atoms with Crippen LogP contribution in [0.2, 0.25) is 0 Å². The van der Waals surface area contributed by atoms with Crippen molar-refractivity contribution in [3.8, 4) is 11.5 Å². The molecular weight excluding hydrogens is 462 g/mol. The third-order valence-electron chi connectivity index (χ3n) is 5.91. The summed E-state index contributed by atoms with van der Waals surface area (Å²) < 4.78 is 18.0. The predicted octanol–water partition coefficient (Wildman–Crippen LogP) is 7.06. The van der Waals surface area contributed by atoms with Gasteiger partial charge in [-0.1, -0.05) is 91.0 Å². The van der Waals surface area contributed by atoms with Crippen molar-refractivity contribution in [1.29, 1.82) is 0 Å². The first-order valence-electron chi connectivity index (χ1n) is 12.2. The van der Waals surface area contributed by atoms with Crippen molar-refractivity contribution >= 4 is 16.9 Å². The van der Waals surface area contributed by atoms with Gasteiger partial charge in [0, 0.05) is 17.1 Å². The van der Waals surface area contributed by atoms with E-state index in [1.165, 1.54) is 0 Å². The summed E-state index contributed by atoms with van der Waals surface area (Å²) in [6.45, 7) is 2.79. The van der Waals surface area contributed by atoms with E-state index < -0.39 is 5.97 Å². The Hall–Kier alpha value is -4.64. The molecule has 0 saturated carbocycles. The van der Waals surface area contributed by atoms with Gasteiger partial charge in [0.05, 0.1) is 11.1 Å². The summed E-state index contributed by atoms with van der Waals surface area (Å²) in [7, 11) is 0. The highest BCUT2D eigenvalue weighted by atomic mass is 16.5. The lowest BCUT2D eigenvalue weighted by Gasteiger charge is -2.16. The number of rotatable bonds is 9. The molecule has 5 rings (SSSR count). The van der Waals surface area contributed by atoms with Crippen molar-refractivity contribution in [2.75, 3.05) is 0 Å². The molecule has 5 aromatic rings. The first-order chi connectivity index (χ1) is 18.2. The van der Waals surface area contributed by atoms with E-state index in [1.807, 2.05) is 110 Å². The fourth-order valence-electron chi connectivity index (χ4n) is 4.03. The Kier molecular flexibility index (Phi) is 7.42. The molecule has 0 unspecified atom stereocenters. The molecule has 0 spiro atoms. The first kappa shape index (κ1) is 24.1. The van der Waals surface area contributed by atoms with Crippen molar-refractivity contribution in [3.05, 3.63) is 137 Å². The summed E-state index contributed by atoms with van der Waals surface area (Å²) >= 11 is 0. The highest BCUT2D eigenvalue weighted by Gasteiger charge is 2.18. The van der Waals surface area contributed by atoms with E-state index in [0.29, 0.717) is 46.9 Å². The second kappa shape index (κ2) is 11.4. The zero-order valence-electron chi connectivity index (χ0n) is 20.6. The summed E-state index contributed by atoms with van der Waals surface area (Å²) in [6.07, 6.45) is 0. The number of aromatic nitrogens is 1. The second-order valence-electron chi connectivity index (χ2n) is 8.74. The van der Waals surface area contributed by atoms with Gasteiger partial charge < -0.3 is 14.2 Å². The number of ether oxygens (including phenoxy) is 3. The topological polar surface area (TPSA) is 57.7 Å². The number of hydrogen-bond acceptors (Lipinski definition) is 5. The van der Waals surface area contributed by atoms with Crippen LogP contribution in [0.15, 0.2) is 109 Å². The minimum atomic E-state index is -0.411. The number of aryl methyl sites for hydroxylation is 1. The average molecular weight is 490 g/mol. The molecule has 0 atom stereocenters. The first-order valence-corrected chi connectivity index (χ1v) is 12.2. The molecule has 0 N–H and O–H groups in total. The number of carbonyl (C=O) groups is 1. The van der Waals surface area contributed by atoms with E-state index in [9.17, 15) is 4.79 Å². The number of hydrogen-bond donors (Lipinski definition) is 0. The maximum absolute atomic E-state index is 13.1. The van der Waals surface area contributed by atoms with Gasteiger partial charge in [-0.25, -0.2) is 4.79 Å². The Morgan fingerprint density at radius 3 is 1.68 bits per heavy atom. The average Bonchev–Trinajstić information content (AvgIpc) is 2.94. The van der Waals surface area contributed by atoms with E-state index in [2.05, 4.69) is 4.98 Å². The van der Waals surface area contributed by atoms with Crippen LogP contribution < -0.4 is 9.47 Å². The molecule has 1 aromatic heterocycles. The summed E-state index contributed by atoms with van der Waals surface area (Å²) in [4.78, 5) is 17.8. The van der Waals surface area contributed by atoms with Gasteiger partial charge in [-0.2, -0.15) is 0 Å². The molecule has 4 aromatic carbocycles. The summed E-state index contributed by atoms with van der Waals surface area (Å²) in [6, 6.07) is 34.9. The fraction of sp³-hybridized carbons (Fsp3) is 0.125. The van der Waals surface area contributed by atoms with Crippen molar-refractivity contribution in [1.82, 2.24) is 4.98 Å². The fourth-order valence-corrected chi connectivity index (χ4v) is 4.03. The second-order valence-corrected chi connectivity index (χ2v) is 8.74. The Balaban J connectivity index is 1.47. The zero-order chi connectivity index (χ0) is 25.5.